The lowest BCUT2D eigenvalue weighted by molar-refractivity contribution is -0.116. The molecule has 4 aromatic rings. The quantitative estimate of drug-likeness (QED) is 0.415. The fraction of sp³-hybridized carbons (Fsp3) is 0.231. The summed E-state index contributed by atoms with van der Waals surface area (Å²) in [6.07, 6.45) is 0.746. The van der Waals surface area contributed by atoms with Crippen LogP contribution in [0.25, 0.3) is 16.7 Å². The molecule has 0 aliphatic rings. The Bertz CT molecular complexity index is 1330. The number of methoxy groups -OCH3 is 1. The number of Topliss-reactive ketones (excluding diaryl/α,β-unsaturated/α-hetero) is 1. The number of aryl methyl sites for hydroxylation is 2. The highest BCUT2D eigenvalue weighted by Gasteiger charge is 2.20. The van der Waals surface area contributed by atoms with Crippen LogP contribution in [0.4, 0.5) is 5.69 Å². The first-order valence-corrected chi connectivity index (χ1v) is 10.8. The number of ether oxygens (including phenoxy) is 1. The molecule has 168 valence electrons. The molecule has 33 heavy (non-hydrogen) atoms. The van der Waals surface area contributed by atoms with Gasteiger partial charge in [0.1, 0.15) is 0 Å². The SMILES string of the molecule is COc1nc2c(c(C)nn2-c2ccccc2)c(C)c1CCC(=O)Nc1ccc(C(C)=O)cc1. The molecule has 0 atom stereocenters. The minimum atomic E-state index is -0.121. The largest absolute Gasteiger partial charge is 0.481 e. The van der Waals surface area contributed by atoms with E-state index in [1.165, 1.54) is 6.92 Å². The highest BCUT2D eigenvalue weighted by molar-refractivity contribution is 5.95. The summed E-state index contributed by atoms with van der Waals surface area (Å²) in [7, 11) is 1.59. The van der Waals surface area contributed by atoms with Crippen molar-refractivity contribution in [2.45, 2.75) is 33.6 Å². The Balaban J connectivity index is 1.59. The van der Waals surface area contributed by atoms with Crippen molar-refractivity contribution in [1.82, 2.24) is 14.8 Å². The molecule has 0 aliphatic heterocycles. The van der Waals surface area contributed by atoms with E-state index in [1.807, 2.05) is 48.9 Å². The molecule has 1 amide bonds. The maximum atomic E-state index is 12.6. The van der Waals surface area contributed by atoms with E-state index in [9.17, 15) is 9.59 Å². The van der Waals surface area contributed by atoms with Gasteiger partial charge in [0.15, 0.2) is 11.4 Å². The van der Waals surface area contributed by atoms with Crippen LogP contribution in [0.1, 0.15) is 40.5 Å². The molecule has 2 aromatic carbocycles. The number of rotatable bonds is 7. The number of hydrogen-bond donors (Lipinski definition) is 1. The second-order valence-corrected chi connectivity index (χ2v) is 7.94. The van der Waals surface area contributed by atoms with Gasteiger partial charge in [-0.1, -0.05) is 18.2 Å². The predicted molar refractivity (Wildman–Crippen MR) is 128 cm³/mol. The second-order valence-electron chi connectivity index (χ2n) is 7.94. The van der Waals surface area contributed by atoms with E-state index in [-0.39, 0.29) is 18.1 Å². The number of nitrogens with zero attached hydrogens (tertiary/aromatic N) is 3. The van der Waals surface area contributed by atoms with E-state index in [2.05, 4.69) is 5.32 Å². The first kappa shape index (κ1) is 22.2. The molecule has 0 saturated carbocycles. The molecule has 0 bridgehead atoms. The van der Waals surface area contributed by atoms with Crippen molar-refractivity contribution in [1.29, 1.82) is 0 Å². The van der Waals surface area contributed by atoms with Crippen molar-refractivity contribution in [3.63, 3.8) is 0 Å². The van der Waals surface area contributed by atoms with E-state index in [0.29, 0.717) is 23.6 Å². The number of hydrogen-bond acceptors (Lipinski definition) is 5. The number of fused-ring (bicyclic) bond motifs is 1. The molecule has 0 fully saturated rings. The molecule has 7 nitrogen and oxygen atoms in total. The number of anilines is 1. The average molecular weight is 443 g/mol. The Labute approximate surface area is 192 Å². The monoisotopic (exact) mass is 442 g/mol. The molecule has 1 N–H and O–H groups in total. The summed E-state index contributed by atoms with van der Waals surface area (Å²) in [5.74, 6) is 0.365. The van der Waals surface area contributed by atoms with E-state index in [0.717, 1.165) is 33.5 Å². The van der Waals surface area contributed by atoms with Crippen LogP contribution in [0.3, 0.4) is 0 Å². The van der Waals surface area contributed by atoms with Gasteiger partial charge in [0.2, 0.25) is 11.8 Å². The zero-order valence-electron chi connectivity index (χ0n) is 19.2. The van der Waals surface area contributed by atoms with Crippen LogP contribution in [0.2, 0.25) is 0 Å². The molecule has 7 heteroatoms. The Hall–Kier alpha value is -4.00. The average Bonchev–Trinajstić information content (AvgIpc) is 3.15. The van der Waals surface area contributed by atoms with Gasteiger partial charge < -0.3 is 10.1 Å². The zero-order valence-corrected chi connectivity index (χ0v) is 19.2. The van der Waals surface area contributed by atoms with Crippen molar-refractivity contribution < 1.29 is 14.3 Å². The third-order valence-electron chi connectivity index (χ3n) is 5.70. The molecular weight excluding hydrogens is 416 g/mol. The maximum absolute atomic E-state index is 12.6. The molecule has 2 heterocycles. The van der Waals surface area contributed by atoms with Gasteiger partial charge in [-0.3, -0.25) is 9.59 Å². The summed E-state index contributed by atoms with van der Waals surface area (Å²) in [5, 5.41) is 8.55. The number of carbonyl (C=O) groups excluding carboxylic acids is 2. The molecule has 0 radical (unpaired) electrons. The van der Waals surface area contributed by atoms with Gasteiger partial charge in [-0.25, -0.2) is 4.68 Å². The van der Waals surface area contributed by atoms with Gasteiger partial charge in [-0.15, -0.1) is 0 Å². The van der Waals surface area contributed by atoms with Crippen LogP contribution in [0.15, 0.2) is 54.6 Å². The van der Waals surface area contributed by atoms with Crippen molar-refractivity contribution in [3.8, 4) is 11.6 Å². The van der Waals surface area contributed by atoms with Crippen molar-refractivity contribution >= 4 is 28.4 Å². The molecule has 4 rings (SSSR count). The van der Waals surface area contributed by atoms with E-state index >= 15 is 0 Å². The van der Waals surface area contributed by atoms with Gasteiger partial charge in [0.05, 0.1) is 18.5 Å². The van der Waals surface area contributed by atoms with Crippen molar-refractivity contribution in [2.75, 3.05) is 12.4 Å². The Morgan fingerprint density at radius 2 is 1.73 bits per heavy atom. The van der Waals surface area contributed by atoms with Crippen LogP contribution in [0.5, 0.6) is 5.88 Å². The number of para-hydroxylation sites is 1. The van der Waals surface area contributed by atoms with E-state index < -0.39 is 0 Å². The minimum absolute atomic E-state index is 0.00998. The fourth-order valence-corrected chi connectivity index (χ4v) is 4.00. The van der Waals surface area contributed by atoms with Crippen LogP contribution in [0, 0.1) is 13.8 Å². The number of aromatic nitrogens is 3. The van der Waals surface area contributed by atoms with Crippen molar-refractivity contribution in [3.05, 3.63) is 77.0 Å². The Morgan fingerprint density at radius 1 is 1.03 bits per heavy atom. The van der Waals surface area contributed by atoms with Crippen LogP contribution in [-0.2, 0) is 11.2 Å². The highest BCUT2D eigenvalue weighted by atomic mass is 16.5. The first-order valence-electron chi connectivity index (χ1n) is 10.8. The number of amides is 1. The van der Waals surface area contributed by atoms with Gasteiger partial charge in [-0.05, 0) is 69.2 Å². The molecule has 0 spiro atoms. The fourth-order valence-electron chi connectivity index (χ4n) is 4.00. The topological polar surface area (TPSA) is 86.1 Å². The molecule has 0 saturated heterocycles. The summed E-state index contributed by atoms with van der Waals surface area (Å²) >= 11 is 0. The Kier molecular flexibility index (Phi) is 6.22. The summed E-state index contributed by atoms with van der Waals surface area (Å²) in [5.41, 5.74) is 5.69. The molecule has 0 aliphatic carbocycles. The lowest BCUT2D eigenvalue weighted by atomic mass is 10.0. The predicted octanol–water partition coefficient (Wildman–Crippen LogP) is 4.82. The number of benzene rings is 2. The Morgan fingerprint density at radius 3 is 2.36 bits per heavy atom. The molecule has 2 aromatic heterocycles. The number of ketones is 1. The maximum Gasteiger partial charge on any atom is 0.224 e. The minimum Gasteiger partial charge on any atom is -0.481 e. The van der Waals surface area contributed by atoms with Crippen molar-refractivity contribution in [2.24, 2.45) is 0 Å². The molecule has 0 unspecified atom stereocenters. The van der Waals surface area contributed by atoms with Crippen LogP contribution >= 0.6 is 0 Å². The smallest absolute Gasteiger partial charge is 0.224 e. The number of carbonyl (C=O) groups is 2. The number of nitrogens with one attached hydrogen (secondary N) is 1. The second kappa shape index (κ2) is 9.24. The lowest BCUT2D eigenvalue weighted by Crippen LogP contribution is -2.13. The summed E-state index contributed by atoms with van der Waals surface area (Å²) in [4.78, 5) is 28.8. The molecular formula is C26H26N4O3. The zero-order chi connectivity index (χ0) is 23.5. The summed E-state index contributed by atoms with van der Waals surface area (Å²) in [6.45, 7) is 5.49. The standard InChI is InChI=1S/C26H26N4O3/c1-16-22(14-15-23(32)27-20-12-10-19(11-13-20)18(3)31)26(33-4)28-25-24(16)17(2)29-30(25)21-8-6-5-7-9-21/h5-13H,14-15H2,1-4H3,(H,27,32). The van der Waals surface area contributed by atoms with Gasteiger partial charge in [-0.2, -0.15) is 10.1 Å². The van der Waals surface area contributed by atoms with Gasteiger partial charge >= 0.3 is 0 Å². The van der Waals surface area contributed by atoms with E-state index in [1.54, 1.807) is 31.4 Å². The first-order chi connectivity index (χ1) is 15.9. The lowest BCUT2D eigenvalue weighted by Gasteiger charge is -2.13. The van der Waals surface area contributed by atoms with Gasteiger partial charge in [0, 0.05) is 28.6 Å². The number of pyridine rings is 1. The highest BCUT2D eigenvalue weighted by Crippen LogP contribution is 2.31. The normalized spacial score (nSPS) is 10.9. The van der Waals surface area contributed by atoms with Gasteiger partial charge in [0.25, 0.3) is 0 Å². The summed E-state index contributed by atoms with van der Waals surface area (Å²) in [6, 6.07) is 16.7. The third kappa shape index (κ3) is 4.48. The third-order valence-corrected chi connectivity index (χ3v) is 5.70. The van der Waals surface area contributed by atoms with E-state index in [4.69, 9.17) is 14.8 Å². The van der Waals surface area contributed by atoms with Crippen LogP contribution in [-0.4, -0.2) is 33.6 Å². The summed E-state index contributed by atoms with van der Waals surface area (Å²) < 4.78 is 7.43. The van der Waals surface area contributed by atoms with Crippen LogP contribution < -0.4 is 10.1 Å².